The number of amides is 1. The normalized spacial score (nSPS) is 10.5. The molecule has 7 heteroatoms. The van der Waals surface area contributed by atoms with Crippen molar-refractivity contribution in [2.24, 2.45) is 0 Å². The maximum atomic E-state index is 12.3. The van der Waals surface area contributed by atoms with Gasteiger partial charge in [0.15, 0.2) is 5.82 Å². The summed E-state index contributed by atoms with van der Waals surface area (Å²) >= 11 is 5.21. The van der Waals surface area contributed by atoms with E-state index < -0.39 is 0 Å². The fourth-order valence-electron chi connectivity index (χ4n) is 2.65. The van der Waals surface area contributed by atoms with Crippen molar-refractivity contribution < 1.29 is 9.53 Å². The summed E-state index contributed by atoms with van der Waals surface area (Å²) in [5, 5.41) is 6.85. The first kappa shape index (κ1) is 17.9. The molecule has 0 aliphatic carbocycles. The number of rotatable bonds is 6. The van der Waals surface area contributed by atoms with E-state index in [9.17, 15) is 4.79 Å². The minimum atomic E-state index is -0.179. The van der Waals surface area contributed by atoms with E-state index in [1.54, 1.807) is 0 Å². The molecule has 0 atom stereocenters. The number of carbonyl (C=O) groups excluding carboxylic acids is 1. The van der Waals surface area contributed by atoms with Crippen LogP contribution in [0, 0.1) is 18.6 Å². The highest BCUT2D eigenvalue weighted by atomic mass is 32.1. The molecule has 3 rings (SSSR count). The van der Waals surface area contributed by atoms with Gasteiger partial charge < -0.3 is 4.74 Å². The fourth-order valence-corrected chi connectivity index (χ4v) is 2.85. The number of aromatic amines is 1. The van der Waals surface area contributed by atoms with Gasteiger partial charge in [0.05, 0.1) is 6.42 Å². The van der Waals surface area contributed by atoms with Crippen LogP contribution in [0.2, 0.25) is 0 Å². The van der Waals surface area contributed by atoms with E-state index in [4.69, 9.17) is 17.0 Å². The topological polar surface area (TPSA) is 71.9 Å². The van der Waals surface area contributed by atoms with Gasteiger partial charge in [-0.1, -0.05) is 48.5 Å². The van der Waals surface area contributed by atoms with Crippen molar-refractivity contribution in [2.75, 3.05) is 5.43 Å². The number of para-hydroxylation sites is 1. The number of hydrogen-bond acceptors (Lipinski definition) is 4. The highest BCUT2D eigenvalue weighted by Gasteiger charge is 2.12. The Bertz CT molecular complexity index is 943. The van der Waals surface area contributed by atoms with E-state index in [0.29, 0.717) is 10.6 Å². The van der Waals surface area contributed by atoms with Crippen molar-refractivity contribution in [1.82, 2.24) is 14.9 Å². The monoisotopic (exact) mass is 368 g/mol. The zero-order chi connectivity index (χ0) is 18.5. The predicted molar refractivity (Wildman–Crippen MR) is 102 cm³/mol. The Labute approximate surface area is 156 Å². The Morgan fingerprint density at radius 2 is 1.85 bits per heavy atom. The smallest absolute Gasteiger partial charge is 0.243 e. The second-order valence-corrected chi connectivity index (χ2v) is 6.37. The van der Waals surface area contributed by atoms with Crippen LogP contribution < -0.4 is 10.2 Å². The second-order valence-electron chi connectivity index (χ2n) is 5.99. The zero-order valence-corrected chi connectivity index (χ0v) is 15.5. The summed E-state index contributed by atoms with van der Waals surface area (Å²) in [6, 6.07) is 15.5. The molecule has 1 aromatic heterocycles. The summed E-state index contributed by atoms with van der Waals surface area (Å²) in [6.45, 7) is 4.16. The standard InChI is InChI=1S/C19H20N4O2S/c1-13-7-6-8-14(2)18(13)25-12-16-20-21-19(26)23(16)22-17(24)11-15-9-4-3-5-10-15/h3-10H,11-12H2,1-2H3,(H,21,26)(H,22,24). The number of H-pyrrole nitrogens is 1. The summed E-state index contributed by atoms with van der Waals surface area (Å²) < 4.78 is 7.67. The maximum Gasteiger partial charge on any atom is 0.243 e. The van der Waals surface area contributed by atoms with Crippen LogP contribution in [-0.4, -0.2) is 20.8 Å². The van der Waals surface area contributed by atoms with Gasteiger partial charge in [0.2, 0.25) is 10.7 Å². The van der Waals surface area contributed by atoms with Crippen LogP contribution in [0.1, 0.15) is 22.5 Å². The summed E-state index contributed by atoms with van der Waals surface area (Å²) in [5.41, 5.74) is 5.78. The number of benzene rings is 2. The molecule has 0 unspecified atom stereocenters. The molecule has 3 aromatic rings. The molecule has 1 heterocycles. The number of aryl methyl sites for hydroxylation is 2. The number of carbonyl (C=O) groups is 1. The Hall–Kier alpha value is -2.93. The third kappa shape index (κ3) is 4.18. The van der Waals surface area contributed by atoms with Gasteiger partial charge in [0, 0.05) is 0 Å². The zero-order valence-electron chi connectivity index (χ0n) is 14.7. The number of nitrogens with one attached hydrogen (secondary N) is 2. The fraction of sp³-hybridized carbons (Fsp3) is 0.211. The molecule has 0 spiro atoms. The molecule has 0 radical (unpaired) electrons. The van der Waals surface area contributed by atoms with Crippen LogP contribution in [0.3, 0.4) is 0 Å². The van der Waals surface area contributed by atoms with Crippen molar-refractivity contribution in [1.29, 1.82) is 0 Å². The lowest BCUT2D eigenvalue weighted by Gasteiger charge is -2.13. The first-order chi connectivity index (χ1) is 12.5. The van der Waals surface area contributed by atoms with Crippen LogP contribution in [0.4, 0.5) is 0 Å². The van der Waals surface area contributed by atoms with E-state index in [-0.39, 0.29) is 18.9 Å². The molecule has 0 fully saturated rings. The predicted octanol–water partition coefficient (Wildman–Crippen LogP) is 3.45. The Morgan fingerprint density at radius 3 is 2.54 bits per heavy atom. The molecule has 26 heavy (non-hydrogen) atoms. The summed E-state index contributed by atoms with van der Waals surface area (Å²) in [6.07, 6.45) is 0.255. The third-order valence-electron chi connectivity index (χ3n) is 3.94. The van der Waals surface area contributed by atoms with Crippen molar-refractivity contribution in [2.45, 2.75) is 26.9 Å². The highest BCUT2D eigenvalue weighted by molar-refractivity contribution is 7.71. The number of aromatic nitrogens is 3. The molecule has 6 nitrogen and oxygen atoms in total. The van der Waals surface area contributed by atoms with Crippen molar-refractivity contribution in [3.05, 3.63) is 75.8 Å². The molecule has 134 valence electrons. The number of ether oxygens (including phenoxy) is 1. The van der Waals surface area contributed by atoms with Crippen molar-refractivity contribution >= 4 is 18.1 Å². The summed E-state index contributed by atoms with van der Waals surface area (Å²) in [5.74, 6) is 1.13. The number of hydrogen-bond donors (Lipinski definition) is 2. The molecular weight excluding hydrogens is 348 g/mol. The molecule has 1 amide bonds. The van der Waals surface area contributed by atoms with Crippen LogP contribution in [0.15, 0.2) is 48.5 Å². The van der Waals surface area contributed by atoms with E-state index in [0.717, 1.165) is 22.4 Å². The summed E-state index contributed by atoms with van der Waals surface area (Å²) in [4.78, 5) is 12.3. The van der Waals surface area contributed by atoms with Gasteiger partial charge in [-0.2, -0.15) is 5.10 Å². The lowest BCUT2D eigenvalue weighted by molar-refractivity contribution is -0.116. The lowest BCUT2D eigenvalue weighted by atomic mass is 10.1. The van der Waals surface area contributed by atoms with Gasteiger partial charge in [-0.15, -0.1) is 0 Å². The third-order valence-corrected chi connectivity index (χ3v) is 4.21. The van der Waals surface area contributed by atoms with Gasteiger partial charge >= 0.3 is 0 Å². The van der Waals surface area contributed by atoms with E-state index in [1.807, 2.05) is 62.4 Å². The highest BCUT2D eigenvalue weighted by Crippen LogP contribution is 2.23. The number of nitrogens with zero attached hydrogens (tertiary/aromatic N) is 2. The van der Waals surface area contributed by atoms with Gasteiger partial charge in [-0.3, -0.25) is 15.3 Å². The second kappa shape index (κ2) is 7.97. The van der Waals surface area contributed by atoms with Crippen LogP contribution in [0.5, 0.6) is 5.75 Å². The van der Waals surface area contributed by atoms with Crippen molar-refractivity contribution in [3.63, 3.8) is 0 Å². The van der Waals surface area contributed by atoms with Crippen LogP contribution in [-0.2, 0) is 17.8 Å². The average Bonchev–Trinajstić information content (AvgIpc) is 2.95. The largest absolute Gasteiger partial charge is 0.485 e. The quantitative estimate of drug-likeness (QED) is 0.654. The van der Waals surface area contributed by atoms with Gasteiger partial charge in [0.1, 0.15) is 12.4 Å². The Kier molecular flexibility index (Phi) is 5.48. The molecular formula is C19H20N4O2S. The van der Waals surface area contributed by atoms with E-state index in [2.05, 4.69) is 15.6 Å². The molecule has 0 bridgehead atoms. The minimum Gasteiger partial charge on any atom is -0.485 e. The summed E-state index contributed by atoms with van der Waals surface area (Å²) in [7, 11) is 0. The molecule has 2 aromatic carbocycles. The lowest BCUT2D eigenvalue weighted by Crippen LogP contribution is -2.27. The first-order valence-electron chi connectivity index (χ1n) is 8.23. The Morgan fingerprint density at radius 1 is 1.15 bits per heavy atom. The van der Waals surface area contributed by atoms with Gasteiger partial charge in [-0.25, -0.2) is 4.68 Å². The first-order valence-corrected chi connectivity index (χ1v) is 8.64. The molecule has 0 saturated carbocycles. The van der Waals surface area contributed by atoms with Crippen LogP contribution >= 0.6 is 12.2 Å². The minimum absolute atomic E-state index is 0.179. The van der Waals surface area contributed by atoms with Gasteiger partial charge in [-0.05, 0) is 42.8 Å². The molecule has 0 aliphatic rings. The molecule has 0 saturated heterocycles. The van der Waals surface area contributed by atoms with Crippen LogP contribution in [0.25, 0.3) is 0 Å². The van der Waals surface area contributed by atoms with E-state index in [1.165, 1.54) is 4.68 Å². The Balaban J connectivity index is 1.71. The molecule has 2 N–H and O–H groups in total. The van der Waals surface area contributed by atoms with Crippen molar-refractivity contribution in [3.8, 4) is 5.75 Å². The van der Waals surface area contributed by atoms with E-state index >= 15 is 0 Å². The van der Waals surface area contributed by atoms with Gasteiger partial charge in [0.25, 0.3) is 0 Å². The SMILES string of the molecule is Cc1cccc(C)c1OCc1n[nH]c(=S)n1NC(=O)Cc1ccccc1. The average molecular weight is 368 g/mol. The molecule has 0 aliphatic heterocycles. The maximum absolute atomic E-state index is 12.3.